The maximum absolute atomic E-state index is 9.57. The Hall–Kier alpha value is -1.02. The number of hydrogen-bond acceptors (Lipinski definition) is 2. The standard InChI is InChI=1S/C12H18O2/c1-5-14-11-6-8(2)12(10(4)13)9(3)7-11/h6-7,10,13H,5H2,1-4H3/t10-/m1/s1. The second-order valence-electron chi connectivity index (χ2n) is 3.58. The molecule has 0 amide bonds. The summed E-state index contributed by atoms with van der Waals surface area (Å²) in [6.07, 6.45) is -0.411. The minimum atomic E-state index is -0.411. The summed E-state index contributed by atoms with van der Waals surface area (Å²) in [7, 11) is 0. The van der Waals surface area contributed by atoms with Crippen LogP contribution >= 0.6 is 0 Å². The maximum atomic E-state index is 9.57. The third kappa shape index (κ3) is 2.26. The Morgan fingerprint density at radius 2 is 1.79 bits per heavy atom. The Morgan fingerprint density at radius 1 is 1.29 bits per heavy atom. The Kier molecular flexibility index (Phi) is 3.53. The summed E-state index contributed by atoms with van der Waals surface area (Å²) < 4.78 is 5.42. The molecule has 0 spiro atoms. The Labute approximate surface area is 85.5 Å². The predicted octanol–water partition coefficient (Wildman–Crippen LogP) is 2.76. The predicted molar refractivity (Wildman–Crippen MR) is 57.7 cm³/mol. The largest absolute Gasteiger partial charge is 0.494 e. The van der Waals surface area contributed by atoms with E-state index >= 15 is 0 Å². The van der Waals surface area contributed by atoms with Crippen molar-refractivity contribution >= 4 is 0 Å². The molecule has 0 aliphatic rings. The number of rotatable bonds is 3. The molecular formula is C12H18O2. The first-order valence-electron chi connectivity index (χ1n) is 4.98. The van der Waals surface area contributed by atoms with Crippen LogP contribution in [0.3, 0.4) is 0 Å². The second kappa shape index (κ2) is 4.47. The highest BCUT2D eigenvalue weighted by Gasteiger charge is 2.09. The highest BCUT2D eigenvalue weighted by molar-refractivity contribution is 5.42. The van der Waals surface area contributed by atoms with Crippen LogP contribution in [0.4, 0.5) is 0 Å². The molecule has 0 saturated heterocycles. The van der Waals surface area contributed by atoms with E-state index in [1.807, 2.05) is 32.9 Å². The number of ether oxygens (including phenoxy) is 1. The lowest BCUT2D eigenvalue weighted by molar-refractivity contribution is 0.197. The van der Waals surface area contributed by atoms with Crippen molar-refractivity contribution in [1.82, 2.24) is 0 Å². The molecule has 2 heteroatoms. The van der Waals surface area contributed by atoms with Gasteiger partial charge in [-0.25, -0.2) is 0 Å². The molecule has 1 aromatic rings. The fourth-order valence-corrected chi connectivity index (χ4v) is 1.84. The monoisotopic (exact) mass is 194 g/mol. The molecule has 0 fully saturated rings. The summed E-state index contributed by atoms with van der Waals surface area (Å²) in [5.74, 6) is 0.881. The topological polar surface area (TPSA) is 29.5 Å². The van der Waals surface area contributed by atoms with Gasteiger partial charge in [0.1, 0.15) is 5.75 Å². The van der Waals surface area contributed by atoms with Crippen molar-refractivity contribution in [3.63, 3.8) is 0 Å². The maximum Gasteiger partial charge on any atom is 0.119 e. The van der Waals surface area contributed by atoms with E-state index in [0.29, 0.717) is 6.61 Å². The Bertz CT molecular complexity index is 293. The third-order valence-corrected chi connectivity index (χ3v) is 2.30. The molecule has 0 aromatic heterocycles. The first-order valence-corrected chi connectivity index (χ1v) is 4.98. The van der Waals surface area contributed by atoms with Gasteiger partial charge in [0.15, 0.2) is 0 Å². The fraction of sp³-hybridized carbons (Fsp3) is 0.500. The molecule has 0 bridgehead atoms. The van der Waals surface area contributed by atoms with Gasteiger partial charge in [-0.3, -0.25) is 0 Å². The lowest BCUT2D eigenvalue weighted by atomic mass is 9.98. The molecule has 1 atom stereocenters. The number of hydrogen-bond donors (Lipinski definition) is 1. The average Bonchev–Trinajstić information content (AvgIpc) is 2.01. The third-order valence-electron chi connectivity index (χ3n) is 2.30. The highest BCUT2D eigenvalue weighted by Crippen LogP contribution is 2.26. The van der Waals surface area contributed by atoms with Crippen molar-refractivity contribution < 1.29 is 9.84 Å². The van der Waals surface area contributed by atoms with E-state index in [4.69, 9.17) is 4.74 Å². The van der Waals surface area contributed by atoms with Crippen molar-refractivity contribution in [1.29, 1.82) is 0 Å². The lowest BCUT2D eigenvalue weighted by Gasteiger charge is -2.14. The Balaban J connectivity index is 3.11. The van der Waals surface area contributed by atoms with Gasteiger partial charge in [0, 0.05) is 0 Å². The van der Waals surface area contributed by atoms with Crippen LogP contribution in [0.2, 0.25) is 0 Å². The molecule has 0 aliphatic heterocycles. The molecule has 0 aliphatic carbocycles. The van der Waals surface area contributed by atoms with Gasteiger partial charge in [-0.1, -0.05) is 0 Å². The summed E-state index contributed by atoms with van der Waals surface area (Å²) in [6, 6.07) is 3.94. The van der Waals surface area contributed by atoms with E-state index in [2.05, 4.69) is 0 Å². The van der Waals surface area contributed by atoms with Crippen LogP contribution in [0.1, 0.15) is 36.6 Å². The molecule has 2 nitrogen and oxygen atoms in total. The molecule has 1 aromatic carbocycles. The summed E-state index contributed by atoms with van der Waals surface area (Å²) in [6.45, 7) is 8.42. The van der Waals surface area contributed by atoms with Gasteiger partial charge in [0.25, 0.3) is 0 Å². The molecule has 14 heavy (non-hydrogen) atoms. The second-order valence-corrected chi connectivity index (χ2v) is 3.58. The van der Waals surface area contributed by atoms with Crippen LogP contribution in [0.15, 0.2) is 12.1 Å². The van der Waals surface area contributed by atoms with Gasteiger partial charge in [-0.15, -0.1) is 0 Å². The van der Waals surface area contributed by atoms with Crippen LogP contribution in [0, 0.1) is 13.8 Å². The summed E-state index contributed by atoms with van der Waals surface area (Å²) in [4.78, 5) is 0. The first kappa shape index (κ1) is 11.1. The van der Waals surface area contributed by atoms with Crippen LogP contribution in [0.25, 0.3) is 0 Å². The van der Waals surface area contributed by atoms with Crippen molar-refractivity contribution in [2.45, 2.75) is 33.8 Å². The van der Waals surface area contributed by atoms with E-state index < -0.39 is 6.10 Å². The van der Waals surface area contributed by atoms with Crippen molar-refractivity contribution in [2.24, 2.45) is 0 Å². The SMILES string of the molecule is CCOc1cc(C)c([C@@H](C)O)c(C)c1. The Morgan fingerprint density at radius 3 is 2.14 bits per heavy atom. The van der Waals surface area contributed by atoms with Gasteiger partial charge in [-0.05, 0) is 56.5 Å². The van der Waals surface area contributed by atoms with E-state index in [-0.39, 0.29) is 0 Å². The summed E-state index contributed by atoms with van der Waals surface area (Å²) >= 11 is 0. The van der Waals surface area contributed by atoms with Crippen molar-refractivity contribution in [2.75, 3.05) is 6.61 Å². The highest BCUT2D eigenvalue weighted by atomic mass is 16.5. The first-order chi connectivity index (χ1) is 6.56. The normalized spacial score (nSPS) is 12.6. The zero-order chi connectivity index (χ0) is 10.7. The molecule has 0 heterocycles. The number of aryl methyl sites for hydroxylation is 2. The van der Waals surface area contributed by atoms with Crippen LogP contribution in [-0.2, 0) is 0 Å². The van der Waals surface area contributed by atoms with Crippen LogP contribution in [-0.4, -0.2) is 11.7 Å². The quantitative estimate of drug-likeness (QED) is 0.801. The number of benzene rings is 1. The van der Waals surface area contributed by atoms with Gasteiger partial charge in [0.05, 0.1) is 12.7 Å². The van der Waals surface area contributed by atoms with E-state index in [1.165, 1.54) is 0 Å². The average molecular weight is 194 g/mol. The van der Waals surface area contributed by atoms with Crippen molar-refractivity contribution in [3.05, 3.63) is 28.8 Å². The smallest absolute Gasteiger partial charge is 0.119 e. The van der Waals surface area contributed by atoms with Crippen LogP contribution < -0.4 is 4.74 Å². The van der Waals surface area contributed by atoms with E-state index in [0.717, 1.165) is 22.4 Å². The molecule has 78 valence electrons. The zero-order valence-electron chi connectivity index (χ0n) is 9.29. The number of aliphatic hydroxyl groups is 1. The lowest BCUT2D eigenvalue weighted by Crippen LogP contribution is -2.00. The zero-order valence-corrected chi connectivity index (χ0v) is 9.29. The van der Waals surface area contributed by atoms with Crippen LogP contribution in [0.5, 0.6) is 5.75 Å². The van der Waals surface area contributed by atoms with Crippen molar-refractivity contribution in [3.8, 4) is 5.75 Å². The molecule has 0 radical (unpaired) electrons. The molecule has 0 unspecified atom stereocenters. The minimum Gasteiger partial charge on any atom is -0.494 e. The van der Waals surface area contributed by atoms with E-state index in [1.54, 1.807) is 6.92 Å². The summed E-state index contributed by atoms with van der Waals surface area (Å²) in [5, 5.41) is 9.57. The van der Waals surface area contributed by atoms with Gasteiger partial charge in [0.2, 0.25) is 0 Å². The summed E-state index contributed by atoms with van der Waals surface area (Å²) in [5.41, 5.74) is 3.18. The van der Waals surface area contributed by atoms with Gasteiger partial charge in [-0.2, -0.15) is 0 Å². The fourth-order valence-electron chi connectivity index (χ4n) is 1.84. The molecule has 1 N–H and O–H groups in total. The van der Waals surface area contributed by atoms with E-state index in [9.17, 15) is 5.11 Å². The molecule has 0 saturated carbocycles. The number of aliphatic hydroxyl groups excluding tert-OH is 1. The molecule has 1 rings (SSSR count). The molecular weight excluding hydrogens is 176 g/mol. The van der Waals surface area contributed by atoms with Gasteiger partial charge >= 0.3 is 0 Å². The minimum absolute atomic E-state index is 0.411. The van der Waals surface area contributed by atoms with Gasteiger partial charge < -0.3 is 9.84 Å².